The number of carbonyl (C=O) groups is 1. The summed E-state index contributed by atoms with van der Waals surface area (Å²) in [5.74, 6) is -1.17. The smallest absolute Gasteiger partial charge is 0.550 e. The first-order valence-electron chi connectivity index (χ1n) is 6.15. The summed E-state index contributed by atoms with van der Waals surface area (Å²) >= 11 is 0. The van der Waals surface area contributed by atoms with E-state index in [1.165, 1.54) is 12.8 Å². The molecule has 0 amide bonds. The number of hydrogen-bond donors (Lipinski definition) is 1. The summed E-state index contributed by atoms with van der Waals surface area (Å²) in [5.41, 5.74) is 0. The van der Waals surface area contributed by atoms with Gasteiger partial charge in [-0.3, -0.25) is 0 Å². The maximum Gasteiger partial charge on any atom is 1.00 e. The Morgan fingerprint density at radius 1 is 1.11 bits per heavy atom. The van der Waals surface area contributed by atoms with Gasteiger partial charge in [0.2, 0.25) is 10.0 Å². The molecule has 0 spiro atoms. The van der Waals surface area contributed by atoms with Gasteiger partial charge in [0.15, 0.2) is 0 Å². The van der Waals surface area contributed by atoms with E-state index in [4.69, 9.17) is 0 Å². The molecule has 0 aliphatic rings. The average Bonchev–Trinajstić information content (AvgIpc) is 2.22. The molecule has 7 heteroatoms. The summed E-state index contributed by atoms with van der Waals surface area (Å²) in [4.78, 5) is 10.1. The molecule has 0 saturated heterocycles. The van der Waals surface area contributed by atoms with Gasteiger partial charge in [0.25, 0.3) is 0 Å². The number of carboxylic acids is 1. The number of hydrogen-bond acceptors (Lipinski definition) is 4. The summed E-state index contributed by atoms with van der Waals surface area (Å²) in [7, 11) is -3.31. The van der Waals surface area contributed by atoms with Crippen LogP contribution in [-0.4, -0.2) is 26.7 Å². The minimum Gasteiger partial charge on any atom is -0.550 e. The molecule has 0 aromatic heterocycles. The molecule has 1 N–H and O–H groups in total. The Morgan fingerprint density at radius 2 is 1.67 bits per heavy atom. The predicted octanol–water partition coefficient (Wildman–Crippen LogP) is -2.59. The van der Waals surface area contributed by atoms with Crippen LogP contribution in [-0.2, 0) is 14.8 Å². The third-order valence-electron chi connectivity index (χ3n) is 2.42. The molecule has 0 aromatic rings. The molecule has 102 valence electrons. The number of carboxylic acid groups (broad SMARTS) is 1. The Balaban J connectivity index is 0. The van der Waals surface area contributed by atoms with Crippen LogP contribution in [0.25, 0.3) is 0 Å². The molecule has 18 heavy (non-hydrogen) atoms. The van der Waals surface area contributed by atoms with Crippen LogP contribution >= 0.6 is 0 Å². The maximum absolute atomic E-state index is 11.4. The van der Waals surface area contributed by atoms with Gasteiger partial charge in [0.05, 0.1) is 5.75 Å². The zero-order valence-electron chi connectivity index (χ0n) is 11.4. The molecule has 0 aliphatic carbocycles. The van der Waals surface area contributed by atoms with Gasteiger partial charge in [-0.25, -0.2) is 13.1 Å². The zero-order valence-corrected chi connectivity index (χ0v) is 14.2. The summed E-state index contributed by atoms with van der Waals surface area (Å²) in [6.45, 7) is 2.05. The van der Waals surface area contributed by atoms with Crippen molar-refractivity contribution < 1.29 is 47.9 Å². The van der Waals surface area contributed by atoms with E-state index in [1.54, 1.807) is 0 Å². The van der Waals surface area contributed by atoms with E-state index < -0.39 is 16.0 Å². The molecule has 0 rings (SSSR count). The minimum atomic E-state index is -3.31. The third kappa shape index (κ3) is 14.4. The van der Waals surface area contributed by atoms with Crippen LogP contribution in [0.5, 0.6) is 0 Å². The van der Waals surface area contributed by atoms with Crippen LogP contribution < -0.4 is 39.4 Å². The van der Waals surface area contributed by atoms with Crippen molar-refractivity contribution in [1.29, 1.82) is 0 Å². The van der Waals surface area contributed by atoms with Gasteiger partial charge in [-0.2, -0.15) is 0 Å². The van der Waals surface area contributed by atoms with Crippen molar-refractivity contribution >= 4 is 16.0 Å². The number of nitrogens with one attached hydrogen (secondary N) is 1. The standard InChI is InChI=1S/C11H23NO4S.Na/c1-2-3-4-5-6-7-10-17(15,16)12-9-8-11(13)14;/h12H,2-10H2,1H3,(H,13,14);/q;+1/p-1. The van der Waals surface area contributed by atoms with E-state index in [1.807, 2.05) is 0 Å². The fourth-order valence-corrected chi connectivity index (χ4v) is 2.59. The van der Waals surface area contributed by atoms with Crippen molar-refractivity contribution in [2.45, 2.75) is 51.9 Å². The van der Waals surface area contributed by atoms with Gasteiger partial charge in [0.1, 0.15) is 0 Å². The first-order valence-corrected chi connectivity index (χ1v) is 7.80. The van der Waals surface area contributed by atoms with E-state index in [0.29, 0.717) is 6.42 Å². The molecule has 0 fully saturated rings. The van der Waals surface area contributed by atoms with Gasteiger partial charge >= 0.3 is 29.6 Å². The van der Waals surface area contributed by atoms with Crippen LogP contribution in [0.2, 0.25) is 0 Å². The van der Waals surface area contributed by atoms with Crippen LogP contribution in [0.3, 0.4) is 0 Å². The topological polar surface area (TPSA) is 86.3 Å². The van der Waals surface area contributed by atoms with E-state index in [0.717, 1.165) is 19.3 Å². The average molecular weight is 287 g/mol. The van der Waals surface area contributed by atoms with Crippen molar-refractivity contribution in [2.24, 2.45) is 0 Å². The first kappa shape index (κ1) is 20.7. The van der Waals surface area contributed by atoms with Crippen LogP contribution in [0.4, 0.5) is 0 Å². The molecule has 0 unspecified atom stereocenters. The Bertz CT molecular complexity index is 306. The SMILES string of the molecule is CCCCCCCCS(=O)(=O)NCCC(=O)[O-].[Na+]. The van der Waals surface area contributed by atoms with Gasteiger partial charge in [-0.15, -0.1) is 0 Å². The molecule has 5 nitrogen and oxygen atoms in total. The van der Waals surface area contributed by atoms with Crippen molar-refractivity contribution in [3.63, 3.8) is 0 Å². The van der Waals surface area contributed by atoms with Crippen molar-refractivity contribution in [3.8, 4) is 0 Å². The molecule has 0 aliphatic heterocycles. The molecule has 0 aromatic carbocycles. The second kappa shape index (κ2) is 12.4. The summed E-state index contributed by atoms with van der Waals surface area (Å²) in [6, 6.07) is 0. The largest absolute Gasteiger partial charge is 1.00 e. The summed E-state index contributed by atoms with van der Waals surface area (Å²) < 4.78 is 25.0. The Morgan fingerprint density at radius 3 is 2.22 bits per heavy atom. The molecule has 0 radical (unpaired) electrons. The van der Waals surface area contributed by atoms with E-state index in [2.05, 4.69) is 11.6 Å². The number of unbranched alkanes of at least 4 members (excludes halogenated alkanes) is 5. The molecule has 0 heterocycles. The molecule has 0 bridgehead atoms. The van der Waals surface area contributed by atoms with Gasteiger partial charge in [0, 0.05) is 18.9 Å². The molecule has 0 atom stereocenters. The molecular formula is C11H22NNaO4S. The Labute approximate surface area is 132 Å². The van der Waals surface area contributed by atoms with E-state index in [9.17, 15) is 18.3 Å². The van der Waals surface area contributed by atoms with E-state index >= 15 is 0 Å². The van der Waals surface area contributed by atoms with Crippen molar-refractivity contribution in [2.75, 3.05) is 12.3 Å². The number of carbonyl (C=O) groups excluding carboxylic acids is 1. The number of rotatable bonds is 11. The van der Waals surface area contributed by atoms with Crippen molar-refractivity contribution in [3.05, 3.63) is 0 Å². The molecular weight excluding hydrogens is 265 g/mol. The van der Waals surface area contributed by atoms with Crippen LogP contribution in [0.1, 0.15) is 51.9 Å². The fourth-order valence-electron chi connectivity index (χ4n) is 1.45. The van der Waals surface area contributed by atoms with Crippen LogP contribution in [0, 0.1) is 0 Å². The number of sulfonamides is 1. The Hall–Kier alpha value is 0.380. The van der Waals surface area contributed by atoms with Gasteiger partial charge < -0.3 is 9.90 Å². The first-order chi connectivity index (χ1) is 7.98. The fraction of sp³-hybridized carbons (Fsp3) is 0.909. The Kier molecular flexibility index (Phi) is 14.3. The predicted molar refractivity (Wildman–Crippen MR) is 64.8 cm³/mol. The minimum absolute atomic E-state index is 0. The summed E-state index contributed by atoms with van der Waals surface area (Å²) in [5, 5.41) is 10.1. The molecule has 0 saturated carbocycles. The maximum atomic E-state index is 11.4. The van der Waals surface area contributed by atoms with E-state index in [-0.39, 0.29) is 48.3 Å². The summed E-state index contributed by atoms with van der Waals surface area (Å²) in [6.07, 6.45) is 5.82. The van der Waals surface area contributed by atoms with Gasteiger partial charge in [-0.05, 0) is 6.42 Å². The second-order valence-corrected chi connectivity index (χ2v) is 6.03. The number of aliphatic carboxylic acids is 1. The quantitative estimate of drug-likeness (QED) is 0.334. The third-order valence-corrected chi connectivity index (χ3v) is 3.89. The van der Waals surface area contributed by atoms with Crippen molar-refractivity contribution in [1.82, 2.24) is 4.72 Å². The monoisotopic (exact) mass is 287 g/mol. The zero-order chi connectivity index (χ0) is 13.1. The van der Waals surface area contributed by atoms with Crippen LogP contribution in [0.15, 0.2) is 0 Å². The normalized spacial score (nSPS) is 10.9. The second-order valence-electron chi connectivity index (χ2n) is 4.10. The van der Waals surface area contributed by atoms with Gasteiger partial charge in [-0.1, -0.05) is 39.0 Å².